The number of H-pyrrole nitrogens is 1. The number of carboxylic acids is 1. The fourth-order valence-corrected chi connectivity index (χ4v) is 3.41. The summed E-state index contributed by atoms with van der Waals surface area (Å²) in [4.78, 5) is 37.1. The van der Waals surface area contributed by atoms with E-state index >= 15 is 0 Å². The van der Waals surface area contributed by atoms with Crippen LogP contribution in [-0.2, 0) is 6.42 Å². The molecule has 0 saturated carbocycles. The first-order valence-corrected chi connectivity index (χ1v) is 10.4. The van der Waals surface area contributed by atoms with Crippen LogP contribution in [0.1, 0.15) is 58.7 Å². The number of aromatic nitrogens is 2. The van der Waals surface area contributed by atoms with Crippen molar-refractivity contribution < 1.29 is 14.7 Å². The van der Waals surface area contributed by atoms with E-state index in [0.717, 1.165) is 16.7 Å². The Kier molecular flexibility index (Phi) is 6.82. The molecule has 1 atom stereocenters. The van der Waals surface area contributed by atoms with E-state index in [1.165, 1.54) is 17.7 Å². The SMILES string of the molecule is Cc1[nH]n(C(=O)C(C)c2ccc(CC(C)C)cc2)c(=O)c1N=Nc1ccccc1C(=O)O. The minimum absolute atomic E-state index is 0.0321. The predicted octanol–water partition coefficient (Wildman–Crippen LogP) is 5.24. The van der Waals surface area contributed by atoms with Crippen LogP contribution < -0.4 is 5.56 Å². The van der Waals surface area contributed by atoms with E-state index in [9.17, 15) is 19.5 Å². The van der Waals surface area contributed by atoms with Crippen LogP contribution in [0.5, 0.6) is 0 Å². The Balaban J connectivity index is 1.86. The molecule has 0 spiro atoms. The normalized spacial score (nSPS) is 12.4. The van der Waals surface area contributed by atoms with Gasteiger partial charge >= 0.3 is 11.5 Å². The van der Waals surface area contributed by atoms with Gasteiger partial charge in [-0.2, -0.15) is 4.68 Å². The Bertz CT molecular complexity index is 1220. The van der Waals surface area contributed by atoms with Crippen molar-refractivity contribution in [1.29, 1.82) is 0 Å². The molecule has 1 aromatic heterocycles. The summed E-state index contributed by atoms with van der Waals surface area (Å²) in [5.41, 5.74) is 1.77. The molecule has 3 rings (SSSR count). The lowest BCUT2D eigenvalue weighted by atomic mass is 9.96. The topological polar surface area (TPSA) is 117 Å². The summed E-state index contributed by atoms with van der Waals surface area (Å²) in [6, 6.07) is 13.9. The summed E-state index contributed by atoms with van der Waals surface area (Å²) in [6.45, 7) is 7.64. The smallest absolute Gasteiger partial charge is 0.337 e. The summed E-state index contributed by atoms with van der Waals surface area (Å²) < 4.78 is 0.930. The summed E-state index contributed by atoms with van der Waals surface area (Å²) in [7, 11) is 0. The second kappa shape index (κ2) is 9.55. The molecule has 8 heteroatoms. The zero-order valence-corrected chi connectivity index (χ0v) is 18.5. The van der Waals surface area contributed by atoms with Crippen LogP contribution >= 0.6 is 0 Å². The van der Waals surface area contributed by atoms with Crippen molar-refractivity contribution in [3.05, 3.63) is 81.3 Å². The van der Waals surface area contributed by atoms with Gasteiger partial charge in [0, 0.05) is 0 Å². The molecule has 0 fully saturated rings. The highest BCUT2D eigenvalue weighted by molar-refractivity contribution is 5.93. The number of hydrogen-bond acceptors (Lipinski definition) is 5. The number of hydrogen-bond donors (Lipinski definition) is 2. The van der Waals surface area contributed by atoms with Gasteiger partial charge in [0.25, 0.3) is 5.91 Å². The fourth-order valence-electron chi connectivity index (χ4n) is 3.41. The molecule has 0 aliphatic rings. The number of benzene rings is 2. The molecule has 2 aromatic carbocycles. The molecule has 0 amide bonds. The van der Waals surface area contributed by atoms with Crippen LogP contribution in [0.4, 0.5) is 11.4 Å². The van der Waals surface area contributed by atoms with Crippen molar-refractivity contribution in [3.63, 3.8) is 0 Å². The maximum Gasteiger partial charge on any atom is 0.337 e. The van der Waals surface area contributed by atoms with E-state index < -0.39 is 23.4 Å². The summed E-state index contributed by atoms with van der Waals surface area (Å²) >= 11 is 0. The lowest BCUT2D eigenvalue weighted by Gasteiger charge is -2.12. The van der Waals surface area contributed by atoms with Crippen molar-refractivity contribution in [1.82, 2.24) is 9.78 Å². The Hall–Kier alpha value is -3.81. The molecule has 0 saturated heterocycles. The van der Waals surface area contributed by atoms with E-state index in [-0.39, 0.29) is 16.9 Å². The summed E-state index contributed by atoms with van der Waals surface area (Å²) in [5, 5.41) is 19.9. The van der Waals surface area contributed by atoms with Gasteiger partial charge in [-0.15, -0.1) is 10.2 Å². The Labute approximate surface area is 185 Å². The van der Waals surface area contributed by atoms with E-state index in [1.54, 1.807) is 26.0 Å². The molecular weight excluding hydrogens is 408 g/mol. The van der Waals surface area contributed by atoms with Gasteiger partial charge < -0.3 is 5.11 Å². The van der Waals surface area contributed by atoms with Gasteiger partial charge in [0.2, 0.25) is 0 Å². The second-order valence-electron chi connectivity index (χ2n) is 8.15. The van der Waals surface area contributed by atoms with Crippen molar-refractivity contribution in [2.24, 2.45) is 16.1 Å². The number of rotatable bonds is 7. The number of carboxylic acid groups (broad SMARTS) is 1. The fraction of sp³-hybridized carbons (Fsp3) is 0.292. The third-order valence-corrected chi connectivity index (χ3v) is 5.15. The maximum absolute atomic E-state index is 13.0. The van der Waals surface area contributed by atoms with E-state index in [4.69, 9.17) is 0 Å². The van der Waals surface area contributed by atoms with Crippen LogP contribution in [0.25, 0.3) is 0 Å². The van der Waals surface area contributed by atoms with Gasteiger partial charge in [0.05, 0.1) is 17.2 Å². The summed E-state index contributed by atoms with van der Waals surface area (Å²) in [5.74, 6) is -1.57. The molecule has 0 aliphatic carbocycles. The number of aromatic carboxylic acids is 1. The highest BCUT2D eigenvalue weighted by Crippen LogP contribution is 2.23. The molecule has 3 aromatic rings. The van der Waals surface area contributed by atoms with Crippen LogP contribution in [0.3, 0.4) is 0 Å². The number of nitrogens with zero attached hydrogens (tertiary/aromatic N) is 3. The quantitative estimate of drug-likeness (QED) is 0.494. The Morgan fingerprint density at radius 3 is 2.31 bits per heavy atom. The van der Waals surface area contributed by atoms with Gasteiger partial charge in [-0.3, -0.25) is 14.7 Å². The number of aromatic amines is 1. The standard InChI is InChI=1S/C24H26N4O4/c1-14(2)13-17-9-11-18(12-10-17)15(3)22(29)28-23(30)21(16(4)27-28)26-25-20-8-6-5-7-19(20)24(31)32/h5-12,14-15,27H,13H2,1-4H3,(H,31,32). The number of azo groups is 1. The third kappa shape index (κ3) is 4.91. The molecular formula is C24H26N4O4. The van der Waals surface area contributed by atoms with E-state index in [1.807, 2.05) is 24.3 Å². The number of aryl methyl sites for hydroxylation is 1. The van der Waals surface area contributed by atoms with Gasteiger partial charge in [0.1, 0.15) is 5.69 Å². The van der Waals surface area contributed by atoms with Crippen molar-refractivity contribution in [2.75, 3.05) is 0 Å². The van der Waals surface area contributed by atoms with Crippen molar-refractivity contribution in [2.45, 2.75) is 40.0 Å². The van der Waals surface area contributed by atoms with Crippen molar-refractivity contribution in [3.8, 4) is 0 Å². The molecule has 0 radical (unpaired) electrons. The average Bonchev–Trinajstić information content (AvgIpc) is 3.04. The monoisotopic (exact) mass is 434 g/mol. The molecule has 1 heterocycles. The third-order valence-electron chi connectivity index (χ3n) is 5.15. The number of carbonyl (C=O) groups excluding carboxylic acids is 1. The molecule has 2 N–H and O–H groups in total. The highest BCUT2D eigenvalue weighted by Gasteiger charge is 2.23. The Morgan fingerprint density at radius 2 is 1.69 bits per heavy atom. The molecule has 8 nitrogen and oxygen atoms in total. The van der Waals surface area contributed by atoms with Gasteiger partial charge in [-0.1, -0.05) is 50.2 Å². The van der Waals surface area contributed by atoms with Crippen molar-refractivity contribution >= 4 is 23.3 Å². The van der Waals surface area contributed by atoms with Crippen LogP contribution in [-0.4, -0.2) is 26.8 Å². The second-order valence-corrected chi connectivity index (χ2v) is 8.15. The minimum atomic E-state index is -1.15. The van der Waals surface area contributed by atoms with Gasteiger partial charge in [-0.25, -0.2) is 4.79 Å². The van der Waals surface area contributed by atoms with Gasteiger partial charge in [0.15, 0.2) is 5.69 Å². The van der Waals surface area contributed by atoms with Crippen LogP contribution in [0.15, 0.2) is 63.6 Å². The number of carbonyl (C=O) groups is 2. The zero-order valence-electron chi connectivity index (χ0n) is 18.5. The molecule has 0 aliphatic heterocycles. The summed E-state index contributed by atoms with van der Waals surface area (Å²) in [6.07, 6.45) is 0.956. The van der Waals surface area contributed by atoms with Gasteiger partial charge in [-0.05, 0) is 49.4 Å². The first-order chi connectivity index (χ1) is 15.2. The zero-order chi connectivity index (χ0) is 23.4. The lowest BCUT2D eigenvalue weighted by Crippen LogP contribution is -2.28. The minimum Gasteiger partial charge on any atom is -0.478 e. The van der Waals surface area contributed by atoms with Crippen LogP contribution in [0.2, 0.25) is 0 Å². The van der Waals surface area contributed by atoms with E-state index in [2.05, 4.69) is 29.2 Å². The largest absolute Gasteiger partial charge is 0.478 e. The number of nitrogens with one attached hydrogen (secondary N) is 1. The molecule has 166 valence electrons. The molecule has 1 unspecified atom stereocenters. The molecule has 32 heavy (non-hydrogen) atoms. The first kappa shape index (κ1) is 22.9. The average molecular weight is 434 g/mol. The van der Waals surface area contributed by atoms with Crippen LogP contribution in [0, 0.1) is 12.8 Å². The van der Waals surface area contributed by atoms with E-state index in [0.29, 0.717) is 11.6 Å². The predicted molar refractivity (Wildman–Crippen MR) is 121 cm³/mol. The maximum atomic E-state index is 13.0. The molecule has 0 bridgehead atoms. The first-order valence-electron chi connectivity index (χ1n) is 10.4. The Morgan fingerprint density at radius 1 is 1.03 bits per heavy atom. The lowest BCUT2D eigenvalue weighted by molar-refractivity contribution is 0.0697. The highest BCUT2D eigenvalue weighted by atomic mass is 16.4.